The molecule has 2 rings (SSSR count). The molecular formula is C13H20N4OS. The second-order valence-corrected chi connectivity index (χ2v) is 6.14. The number of thiophene rings is 1. The van der Waals surface area contributed by atoms with E-state index in [-0.39, 0.29) is 12.6 Å². The fourth-order valence-electron chi connectivity index (χ4n) is 1.92. The first-order valence-corrected chi connectivity index (χ1v) is 7.08. The van der Waals surface area contributed by atoms with Crippen LogP contribution in [0.5, 0.6) is 0 Å². The average Bonchev–Trinajstić information content (AvgIpc) is 2.64. The molecule has 19 heavy (non-hydrogen) atoms. The van der Waals surface area contributed by atoms with Gasteiger partial charge in [0.05, 0.1) is 18.5 Å². The van der Waals surface area contributed by atoms with Crippen molar-refractivity contribution in [2.45, 2.75) is 33.4 Å². The number of rotatable bonds is 4. The number of hydrogen-bond acceptors (Lipinski definition) is 6. The van der Waals surface area contributed by atoms with Crippen LogP contribution in [0, 0.1) is 13.8 Å². The monoisotopic (exact) mass is 280 g/mol. The van der Waals surface area contributed by atoms with Gasteiger partial charge in [0.25, 0.3) is 0 Å². The quantitative estimate of drug-likeness (QED) is 0.891. The zero-order valence-electron chi connectivity index (χ0n) is 11.8. The van der Waals surface area contributed by atoms with Crippen LogP contribution in [0.4, 0.5) is 5.82 Å². The number of aryl methyl sites for hydroxylation is 2. The lowest BCUT2D eigenvalue weighted by Gasteiger charge is -2.21. The predicted octanol–water partition coefficient (Wildman–Crippen LogP) is 1.70. The van der Waals surface area contributed by atoms with Crippen molar-refractivity contribution < 1.29 is 5.11 Å². The minimum absolute atomic E-state index is 0.0762. The Kier molecular flexibility index (Phi) is 4.03. The van der Waals surface area contributed by atoms with E-state index in [2.05, 4.69) is 16.9 Å². The molecule has 1 unspecified atom stereocenters. The molecule has 5 nitrogen and oxygen atoms in total. The fourth-order valence-corrected chi connectivity index (χ4v) is 2.97. The van der Waals surface area contributed by atoms with Crippen molar-refractivity contribution in [1.82, 2.24) is 14.9 Å². The van der Waals surface area contributed by atoms with E-state index in [1.165, 1.54) is 10.4 Å². The summed E-state index contributed by atoms with van der Waals surface area (Å²) in [5, 5.41) is 10.1. The van der Waals surface area contributed by atoms with Crippen LogP contribution in [0.25, 0.3) is 10.2 Å². The molecule has 0 aliphatic carbocycles. The summed E-state index contributed by atoms with van der Waals surface area (Å²) in [4.78, 5) is 13.1. The van der Waals surface area contributed by atoms with Gasteiger partial charge in [-0.1, -0.05) is 0 Å². The first-order valence-electron chi connectivity index (χ1n) is 6.27. The van der Waals surface area contributed by atoms with Crippen molar-refractivity contribution in [3.8, 4) is 0 Å². The lowest BCUT2D eigenvalue weighted by Crippen LogP contribution is -2.32. The molecule has 0 fully saturated rings. The van der Waals surface area contributed by atoms with E-state index in [0.717, 1.165) is 10.2 Å². The van der Waals surface area contributed by atoms with Gasteiger partial charge in [-0.15, -0.1) is 11.3 Å². The third kappa shape index (κ3) is 2.70. The number of aliphatic hydroxyl groups excluding tert-OH is 1. The molecule has 0 aromatic carbocycles. The van der Waals surface area contributed by atoms with Gasteiger partial charge in [0, 0.05) is 10.9 Å². The SMILES string of the molecule is Cc1sc2nc(CN(C)C(C)CO)nc(N)c2c1C. The van der Waals surface area contributed by atoms with Gasteiger partial charge in [0.15, 0.2) is 0 Å². The minimum Gasteiger partial charge on any atom is -0.395 e. The summed E-state index contributed by atoms with van der Waals surface area (Å²) in [5.74, 6) is 1.25. The van der Waals surface area contributed by atoms with Crippen LogP contribution in [-0.4, -0.2) is 39.7 Å². The van der Waals surface area contributed by atoms with Crippen molar-refractivity contribution in [2.24, 2.45) is 0 Å². The van der Waals surface area contributed by atoms with Crippen LogP contribution < -0.4 is 5.73 Å². The summed E-state index contributed by atoms with van der Waals surface area (Å²) in [7, 11) is 1.94. The van der Waals surface area contributed by atoms with Gasteiger partial charge in [-0.05, 0) is 33.4 Å². The van der Waals surface area contributed by atoms with Gasteiger partial charge in [0.2, 0.25) is 0 Å². The molecule has 0 amide bonds. The topological polar surface area (TPSA) is 75.3 Å². The molecule has 0 bridgehead atoms. The van der Waals surface area contributed by atoms with Gasteiger partial charge in [0.1, 0.15) is 16.5 Å². The maximum Gasteiger partial charge on any atom is 0.146 e. The number of nitrogens with zero attached hydrogens (tertiary/aromatic N) is 3. The molecule has 3 N–H and O–H groups in total. The van der Waals surface area contributed by atoms with Crippen molar-refractivity contribution >= 4 is 27.4 Å². The van der Waals surface area contributed by atoms with Crippen molar-refractivity contribution in [3.63, 3.8) is 0 Å². The van der Waals surface area contributed by atoms with Crippen molar-refractivity contribution in [2.75, 3.05) is 19.4 Å². The Morgan fingerprint density at radius 3 is 2.68 bits per heavy atom. The number of likely N-dealkylation sites (N-methyl/N-ethyl adjacent to an activating group) is 1. The number of hydrogen-bond donors (Lipinski definition) is 2. The van der Waals surface area contributed by atoms with Gasteiger partial charge >= 0.3 is 0 Å². The van der Waals surface area contributed by atoms with Crippen molar-refractivity contribution in [3.05, 3.63) is 16.3 Å². The Morgan fingerprint density at radius 1 is 1.37 bits per heavy atom. The number of aromatic nitrogens is 2. The lowest BCUT2D eigenvalue weighted by molar-refractivity contribution is 0.151. The van der Waals surface area contributed by atoms with Crippen LogP contribution in [-0.2, 0) is 6.54 Å². The molecule has 0 aliphatic rings. The Hall–Kier alpha value is -1.24. The van der Waals surface area contributed by atoms with E-state index < -0.39 is 0 Å². The average molecular weight is 280 g/mol. The van der Waals surface area contributed by atoms with Crippen molar-refractivity contribution in [1.29, 1.82) is 0 Å². The standard InChI is InChI=1S/C13H20N4OS/c1-7(6-18)17(4)5-10-15-12(14)11-8(2)9(3)19-13(11)16-10/h7,18H,5-6H2,1-4H3,(H2,14,15,16). The highest BCUT2D eigenvalue weighted by Crippen LogP contribution is 2.31. The zero-order chi connectivity index (χ0) is 14.2. The van der Waals surface area contributed by atoms with Gasteiger partial charge in [-0.3, -0.25) is 4.90 Å². The third-order valence-corrected chi connectivity index (χ3v) is 4.61. The molecule has 0 saturated carbocycles. The summed E-state index contributed by atoms with van der Waals surface area (Å²) < 4.78 is 0. The summed E-state index contributed by atoms with van der Waals surface area (Å²) in [6.45, 7) is 6.78. The molecule has 1 atom stereocenters. The van der Waals surface area contributed by atoms with Gasteiger partial charge in [-0.25, -0.2) is 9.97 Å². The van der Waals surface area contributed by atoms with E-state index in [4.69, 9.17) is 10.8 Å². The van der Waals surface area contributed by atoms with E-state index in [1.54, 1.807) is 11.3 Å². The predicted molar refractivity (Wildman–Crippen MR) is 79.3 cm³/mol. The highest BCUT2D eigenvalue weighted by molar-refractivity contribution is 7.18. The molecule has 0 aliphatic heterocycles. The largest absolute Gasteiger partial charge is 0.395 e. The third-order valence-electron chi connectivity index (χ3n) is 3.51. The molecule has 6 heteroatoms. The van der Waals surface area contributed by atoms with E-state index in [1.807, 2.05) is 25.8 Å². The second kappa shape index (κ2) is 5.40. The number of nitrogens with two attached hydrogens (primary N) is 1. The fraction of sp³-hybridized carbons (Fsp3) is 0.538. The Morgan fingerprint density at radius 2 is 2.05 bits per heavy atom. The minimum atomic E-state index is 0.0762. The second-order valence-electron chi connectivity index (χ2n) is 4.94. The number of aliphatic hydroxyl groups is 1. The smallest absolute Gasteiger partial charge is 0.146 e. The van der Waals surface area contributed by atoms with Gasteiger partial charge < -0.3 is 10.8 Å². The summed E-state index contributed by atoms with van der Waals surface area (Å²) in [6, 6.07) is 0.0762. The van der Waals surface area contributed by atoms with Crippen LogP contribution in [0.15, 0.2) is 0 Å². The number of nitrogen functional groups attached to an aromatic ring is 1. The lowest BCUT2D eigenvalue weighted by atomic mass is 10.2. The first kappa shape index (κ1) is 14.2. The van der Waals surface area contributed by atoms with E-state index in [0.29, 0.717) is 18.2 Å². The maximum absolute atomic E-state index is 9.14. The molecule has 0 spiro atoms. The molecule has 0 saturated heterocycles. The van der Waals surface area contributed by atoms with E-state index in [9.17, 15) is 0 Å². The molecular weight excluding hydrogens is 260 g/mol. The molecule has 2 aromatic rings. The molecule has 2 heterocycles. The highest BCUT2D eigenvalue weighted by Gasteiger charge is 2.15. The van der Waals surface area contributed by atoms with E-state index >= 15 is 0 Å². The summed E-state index contributed by atoms with van der Waals surface area (Å²) >= 11 is 1.65. The Balaban J connectivity index is 2.36. The first-order chi connectivity index (χ1) is 8.93. The normalized spacial score (nSPS) is 13.4. The summed E-state index contributed by atoms with van der Waals surface area (Å²) in [5.41, 5.74) is 7.21. The van der Waals surface area contributed by atoms with Crippen LogP contribution in [0.1, 0.15) is 23.2 Å². The Labute approximate surface area is 117 Å². The van der Waals surface area contributed by atoms with Crippen LogP contribution in [0.3, 0.4) is 0 Å². The number of anilines is 1. The van der Waals surface area contributed by atoms with Crippen LogP contribution >= 0.6 is 11.3 Å². The highest BCUT2D eigenvalue weighted by atomic mass is 32.1. The van der Waals surface area contributed by atoms with Crippen LogP contribution in [0.2, 0.25) is 0 Å². The van der Waals surface area contributed by atoms with Gasteiger partial charge in [-0.2, -0.15) is 0 Å². The zero-order valence-corrected chi connectivity index (χ0v) is 12.6. The Bertz CT molecular complexity index is 596. The number of fused-ring (bicyclic) bond motifs is 1. The molecule has 2 aromatic heterocycles. The molecule has 0 radical (unpaired) electrons. The summed E-state index contributed by atoms with van der Waals surface area (Å²) in [6.07, 6.45) is 0. The molecule has 104 valence electrons. The maximum atomic E-state index is 9.14.